The molecule has 34 heavy (non-hydrogen) atoms. The maximum Gasteiger partial charge on any atom is 0.266 e. The maximum atomic E-state index is 12.9. The number of thiocarbonyl (C=S) groups is 1. The number of hydrogen-bond donors (Lipinski definition) is 0. The van der Waals surface area contributed by atoms with Crippen LogP contribution < -0.4 is 0 Å². The molecular formula is C24H22N4O3S3. The minimum Gasteiger partial charge on any atom is -0.289 e. The van der Waals surface area contributed by atoms with Gasteiger partial charge in [-0.15, -0.1) is 6.58 Å². The first-order chi connectivity index (χ1) is 16.2. The highest BCUT2D eigenvalue weighted by atomic mass is 32.2. The van der Waals surface area contributed by atoms with E-state index in [-0.39, 0.29) is 10.8 Å². The largest absolute Gasteiger partial charge is 0.289 e. The molecule has 0 aliphatic carbocycles. The summed E-state index contributed by atoms with van der Waals surface area (Å²) < 4.78 is 28.7. The van der Waals surface area contributed by atoms with Gasteiger partial charge < -0.3 is 0 Å². The van der Waals surface area contributed by atoms with Crippen molar-refractivity contribution >= 4 is 50.3 Å². The standard InChI is InChI=1S/C24H22N4O3S3/c1-4-13-27-23(29)21(33-24(27)32)15-18-16-28(19-10-6-5-7-11-19)25-22(18)17-9-8-12-20(14-17)34(30,31)26(2)3/h4-12,14-16H,1,13H2,2-3H3/b21-15-. The highest BCUT2D eigenvalue weighted by Crippen LogP contribution is 2.35. The zero-order valence-electron chi connectivity index (χ0n) is 18.6. The van der Waals surface area contributed by atoms with E-state index in [0.717, 1.165) is 5.69 Å². The Morgan fingerprint density at radius 2 is 1.88 bits per heavy atom. The van der Waals surface area contributed by atoms with Crippen LogP contribution >= 0.6 is 24.0 Å². The lowest BCUT2D eigenvalue weighted by Crippen LogP contribution is -2.27. The second-order valence-corrected chi connectivity index (χ2v) is 11.4. The second kappa shape index (κ2) is 9.67. The number of benzene rings is 2. The van der Waals surface area contributed by atoms with Crippen LogP contribution in [0.4, 0.5) is 0 Å². The van der Waals surface area contributed by atoms with Crippen molar-refractivity contribution in [1.82, 2.24) is 19.0 Å². The van der Waals surface area contributed by atoms with Gasteiger partial charge in [-0.2, -0.15) is 5.10 Å². The molecule has 10 heteroatoms. The van der Waals surface area contributed by atoms with Gasteiger partial charge in [-0.05, 0) is 30.3 Å². The highest BCUT2D eigenvalue weighted by molar-refractivity contribution is 8.26. The van der Waals surface area contributed by atoms with Crippen LogP contribution in [0, 0.1) is 0 Å². The van der Waals surface area contributed by atoms with Crippen LogP contribution in [0.5, 0.6) is 0 Å². The van der Waals surface area contributed by atoms with Crippen LogP contribution in [0.15, 0.2) is 83.2 Å². The molecule has 0 atom stereocenters. The Balaban J connectivity index is 1.85. The van der Waals surface area contributed by atoms with Crippen LogP contribution in [-0.4, -0.2) is 58.3 Å². The van der Waals surface area contributed by atoms with E-state index in [4.69, 9.17) is 17.3 Å². The van der Waals surface area contributed by atoms with Gasteiger partial charge in [-0.1, -0.05) is 60.4 Å². The van der Waals surface area contributed by atoms with Gasteiger partial charge in [-0.25, -0.2) is 17.4 Å². The van der Waals surface area contributed by atoms with Crippen molar-refractivity contribution in [3.05, 3.63) is 83.9 Å². The summed E-state index contributed by atoms with van der Waals surface area (Å²) in [5.74, 6) is -0.197. The summed E-state index contributed by atoms with van der Waals surface area (Å²) in [7, 11) is -0.648. The average molecular weight is 511 g/mol. The van der Waals surface area contributed by atoms with Gasteiger partial charge in [0.2, 0.25) is 10.0 Å². The number of thioether (sulfide) groups is 1. The molecule has 0 spiro atoms. The molecule has 2 heterocycles. The third-order valence-electron chi connectivity index (χ3n) is 5.12. The minimum atomic E-state index is -3.63. The number of hydrogen-bond acceptors (Lipinski definition) is 6. The van der Waals surface area contributed by atoms with Crippen LogP contribution in [0.1, 0.15) is 5.56 Å². The van der Waals surface area contributed by atoms with Gasteiger partial charge in [0.05, 0.1) is 15.5 Å². The van der Waals surface area contributed by atoms with Crippen LogP contribution in [0.3, 0.4) is 0 Å². The van der Waals surface area contributed by atoms with Crippen molar-refractivity contribution in [3.63, 3.8) is 0 Å². The first kappa shape index (κ1) is 24.1. The Morgan fingerprint density at radius 1 is 1.15 bits per heavy atom. The summed E-state index contributed by atoms with van der Waals surface area (Å²) in [6.07, 6.45) is 5.19. The third-order valence-corrected chi connectivity index (χ3v) is 8.31. The first-order valence-corrected chi connectivity index (χ1v) is 12.9. The van der Waals surface area contributed by atoms with Gasteiger partial charge in [-0.3, -0.25) is 9.69 Å². The number of rotatable bonds is 7. The summed E-state index contributed by atoms with van der Waals surface area (Å²) in [6.45, 7) is 4.02. The predicted molar refractivity (Wildman–Crippen MR) is 140 cm³/mol. The Morgan fingerprint density at radius 3 is 2.56 bits per heavy atom. The number of para-hydroxylation sites is 1. The Bertz CT molecular complexity index is 1410. The average Bonchev–Trinajstić information content (AvgIpc) is 3.36. The van der Waals surface area contributed by atoms with Crippen LogP contribution in [0.2, 0.25) is 0 Å². The SMILES string of the molecule is C=CCN1C(=O)/C(=C/c2cn(-c3ccccc3)nc2-c2cccc(S(=O)(=O)N(C)C)c2)SC1=S. The van der Waals surface area contributed by atoms with E-state index in [2.05, 4.69) is 6.58 Å². The van der Waals surface area contributed by atoms with Crippen LogP contribution in [-0.2, 0) is 14.8 Å². The zero-order valence-corrected chi connectivity index (χ0v) is 21.0. The molecule has 1 amide bonds. The van der Waals surface area contributed by atoms with Gasteiger partial charge in [0.15, 0.2) is 0 Å². The van der Waals surface area contributed by atoms with E-state index in [0.29, 0.717) is 32.6 Å². The fraction of sp³-hybridized carbons (Fsp3) is 0.125. The number of carbonyl (C=O) groups excluding carboxylic acids is 1. The number of amides is 1. The number of carbonyl (C=O) groups is 1. The number of sulfonamides is 1. The van der Waals surface area contributed by atoms with E-state index in [9.17, 15) is 13.2 Å². The Kier molecular flexibility index (Phi) is 6.85. The lowest BCUT2D eigenvalue weighted by atomic mass is 10.1. The summed E-state index contributed by atoms with van der Waals surface area (Å²) in [5.41, 5.74) is 2.67. The first-order valence-electron chi connectivity index (χ1n) is 10.3. The van der Waals surface area contributed by atoms with Gasteiger partial charge in [0.25, 0.3) is 5.91 Å². The van der Waals surface area contributed by atoms with E-state index >= 15 is 0 Å². The monoisotopic (exact) mass is 510 g/mol. The van der Waals surface area contributed by atoms with E-state index in [1.54, 1.807) is 41.1 Å². The molecule has 7 nitrogen and oxygen atoms in total. The number of aromatic nitrogens is 2. The lowest BCUT2D eigenvalue weighted by Gasteiger charge is -2.12. The zero-order chi connectivity index (χ0) is 24.5. The maximum absolute atomic E-state index is 12.9. The van der Waals surface area contributed by atoms with Gasteiger partial charge >= 0.3 is 0 Å². The summed E-state index contributed by atoms with van der Waals surface area (Å²) in [6, 6.07) is 16.2. The third kappa shape index (κ3) is 4.62. The van der Waals surface area contributed by atoms with E-state index in [1.807, 2.05) is 36.5 Å². The molecule has 174 valence electrons. The number of nitrogens with zero attached hydrogens (tertiary/aromatic N) is 4. The van der Waals surface area contributed by atoms with Crippen molar-refractivity contribution in [2.45, 2.75) is 4.90 Å². The second-order valence-electron chi connectivity index (χ2n) is 7.61. The molecule has 4 rings (SSSR count). The van der Waals surface area contributed by atoms with Crippen molar-refractivity contribution in [3.8, 4) is 16.9 Å². The van der Waals surface area contributed by atoms with Crippen molar-refractivity contribution < 1.29 is 13.2 Å². The molecule has 0 radical (unpaired) electrons. The van der Waals surface area contributed by atoms with Crippen molar-refractivity contribution in [1.29, 1.82) is 0 Å². The molecule has 1 aliphatic heterocycles. The van der Waals surface area contributed by atoms with Gasteiger partial charge in [0.1, 0.15) is 10.0 Å². The topological polar surface area (TPSA) is 75.5 Å². The lowest BCUT2D eigenvalue weighted by molar-refractivity contribution is -0.121. The smallest absolute Gasteiger partial charge is 0.266 e. The van der Waals surface area contributed by atoms with Crippen molar-refractivity contribution in [2.75, 3.05) is 20.6 Å². The van der Waals surface area contributed by atoms with Crippen molar-refractivity contribution in [2.24, 2.45) is 0 Å². The summed E-state index contributed by atoms with van der Waals surface area (Å²) >= 11 is 6.57. The molecular weight excluding hydrogens is 488 g/mol. The molecule has 0 N–H and O–H groups in total. The van der Waals surface area contributed by atoms with Gasteiger partial charge in [0, 0.05) is 38.0 Å². The quantitative estimate of drug-likeness (QED) is 0.270. The normalized spacial score (nSPS) is 15.5. The molecule has 1 aromatic heterocycles. The Labute approximate surface area is 208 Å². The summed E-state index contributed by atoms with van der Waals surface area (Å²) in [5, 5.41) is 4.74. The minimum absolute atomic E-state index is 0.160. The molecule has 1 aliphatic rings. The van der Waals surface area contributed by atoms with Crippen LogP contribution in [0.25, 0.3) is 23.0 Å². The fourth-order valence-electron chi connectivity index (χ4n) is 3.37. The van der Waals surface area contributed by atoms with E-state index < -0.39 is 10.0 Å². The van der Waals surface area contributed by atoms with E-state index in [1.165, 1.54) is 35.1 Å². The molecule has 1 fully saturated rings. The molecule has 0 bridgehead atoms. The molecule has 0 saturated carbocycles. The highest BCUT2D eigenvalue weighted by Gasteiger charge is 2.31. The molecule has 3 aromatic rings. The summed E-state index contributed by atoms with van der Waals surface area (Å²) in [4.78, 5) is 15.0. The predicted octanol–water partition coefficient (Wildman–Crippen LogP) is 4.18. The fourth-order valence-corrected chi connectivity index (χ4v) is 5.59. The molecule has 2 aromatic carbocycles. The Hall–Kier alpha value is -3.05. The molecule has 1 saturated heterocycles. The molecule has 0 unspecified atom stereocenters.